The second-order valence-corrected chi connectivity index (χ2v) is 8.77. The van der Waals surface area contributed by atoms with Crippen molar-refractivity contribution in [1.82, 2.24) is 10.1 Å². The van der Waals surface area contributed by atoms with E-state index in [2.05, 4.69) is 21.8 Å². The SMILES string of the molecule is Cc1cc(CN2CC3(C[C@@H](OCC4CCOCC4)CS3)C2)no1. The molecule has 6 heteroatoms. The van der Waals surface area contributed by atoms with E-state index >= 15 is 0 Å². The largest absolute Gasteiger partial charge is 0.381 e. The van der Waals surface area contributed by atoms with E-state index in [1.165, 1.54) is 6.42 Å². The zero-order valence-corrected chi connectivity index (χ0v) is 14.6. The second-order valence-electron chi connectivity index (χ2n) is 7.28. The number of likely N-dealkylation sites (tertiary alicyclic amines) is 1. The van der Waals surface area contributed by atoms with Gasteiger partial charge >= 0.3 is 0 Å². The highest BCUT2D eigenvalue weighted by atomic mass is 32.2. The number of thioether (sulfide) groups is 1. The van der Waals surface area contributed by atoms with Gasteiger partial charge in [0.1, 0.15) is 5.76 Å². The Balaban J connectivity index is 1.19. The molecule has 3 fully saturated rings. The number of rotatable bonds is 5. The van der Waals surface area contributed by atoms with Gasteiger partial charge in [0.2, 0.25) is 0 Å². The molecule has 0 saturated carbocycles. The molecule has 1 aromatic rings. The van der Waals surface area contributed by atoms with E-state index in [1.54, 1.807) is 0 Å². The van der Waals surface area contributed by atoms with Crippen molar-refractivity contribution < 1.29 is 14.0 Å². The molecular weight excluding hydrogens is 312 g/mol. The molecule has 0 N–H and O–H groups in total. The van der Waals surface area contributed by atoms with Crippen LogP contribution in [0.3, 0.4) is 0 Å². The summed E-state index contributed by atoms with van der Waals surface area (Å²) in [6.45, 7) is 7.91. The Bertz CT molecular complexity index is 524. The summed E-state index contributed by atoms with van der Waals surface area (Å²) in [5, 5.41) is 4.09. The summed E-state index contributed by atoms with van der Waals surface area (Å²) in [5.74, 6) is 2.76. The first-order chi connectivity index (χ1) is 11.2. The third-order valence-electron chi connectivity index (χ3n) is 5.17. The van der Waals surface area contributed by atoms with E-state index in [4.69, 9.17) is 14.0 Å². The molecule has 23 heavy (non-hydrogen) atoms. The highest BCUT2D eigenvalue weighted by molar-refractivity contribution is 8.01. The topological polar surface area (TPSA) is 47.7 Å². The molecule has 0 unspecified atom stereocenters. The Morgan fingerprint density at radius 3 is 2.96 bits per heavy atom. The van der Waals surface area contributed by atoms with Crippen molar-refractivity contribution >= 4 is 11.8 Å². The maximum atomic E-state index is 6.21. The zero-order valence-electron chi connectivity index (χ0n) is 13.8. The molecule has 3 aliphatic heterocycles. The predicted molar refractivity (Wildman–Crippen MR) is 89.6 cm³/mol. The van der Waals surface area contributed by atoms with Gasteiger partial charge in [-0.25, -0.2) is 0 Å². The lowest BCUT2D eigenvalue weighted by Gasteiger charge is -2.47. The standard InChI is InChI=1S/C17H26N2O3S/c1-13-6-15(18-22-13)8-19-11-17(12-19)7-16(10-23-17)21-9-14-2-4-20-5-3-14/h6,14,16H,2-5,7-12H2,1H3/t16-/m1/s1. The van der Waals surface area contributed by atoms with Crippen LogP contribution in [0.4, 0.5) is 0 Å². The van der Waals surface area contributed by atoms with Crippen molar-refractivity contribution in [2.45, 2.75) is 43.6 Å². The summed E-state index contributed by atoms with van der Waals surface area (Å²) in [6, 6.07) is 2.03. The average Bonchev–Trinajstić information content (AvgIpc) is 3.13. The molecule has 0 aromatic carbocycles. The number of hydrogen-bond donors (Lipinski definition) is 0. The van der Waals surface area contributed by atoms with Gasteiger partial charge in [-0.3, -0.25) is 4.90 Å². The Kier molecular flexibility index (Phi) is 4.67. The number of nitrogens with zero attached hydrogens (tertiary/aromatic N) is 2. The van der Waals surface area contributed by atoms with Crippen LogP contribution < -0.4 is 0 Å². The first kappa shape index (κ1) is 15.9. The van der Waals surface area contributed by atoms with Crippen molar-refractivity contribution in [3.05, 3.63) is 17.5 Å². The van der Waals surface area contributed by atoms with E-state index in [0.29, 0.717) is 16.8 Å². The summed E-state index contributed by atoms with van der Waals surface area (Å²) in [6.07, 6.45) is 3.97. The van der Waals surface area contributed by atoms with Gasteiger partial charge in [-0.15, -0.1) is 11.8 Å². The van der Waals surface area contributed by atoms with Gasteiger partial charge in [-0.1, -0.05) is 5.16 Å². The molecule has 0 amide bonds. The first-order valence-corrected chi connectivity index (χ1v) is 9.67. The van der Waals surface area contributed by atoms with Crippen molar-refractivity contribution in [2.24, 2.45) is 5.92 Å². The van der Waals surface area contributed by atoms with Crippen LogP contribution in [-0.2, 0) is 16.0 Å². The van der Waals surface area contributed by atoms with Crippen LogP contribution in [0, 0.1) is 12.8 Å². The molecule has 4 heterocycles. The van der Waals surface area contributed by atoms with E-state index in [9.17, 15) is 0 Å². The van der Waals surface area contributed by atoms with Crippen molar-refractivity contribution in [3.8, 4) is 0 Å². The number of aryl methyl sites for hydroxylation is 1. The van der Waals surface area contributed by atoms with Gasteiger partial charge < -0.3 is 14.0 Å². The lowest BCUT2D eigenvalue weighted by atomic mass is 9.92. The minimum Gasteiger partial charge on any atom is -0.381 e. The molecule has 0 bridgehead atoms. The van der Waals surface area contributed by atoms with Crippen LogP contribution in [0.5, 0.6) is 0 Å². The highest BCUT2D eigenvalue weighted by Gasteiger charge is 2.49. The van der Waals surface area contributed by atoms with Gasteiger partial charge in [0, 0.05) is 56.0 Å². The average molecular weight is 338 g/mol. The lowest BCUT2D eigenvalue weighted by Crippen LogP contribution is -2.58. The Hall–Kier alpha value is -0.560. The van der Waals surface area contributed by atoms with Crippen molar-refractivity contribution in [1.29, 1.82) is 0 Å². The summed E-state index contributed by atoms with van der Waals surface area (Å²) in [4.78, 5) is 2.46. The van der Waals surface area contributed by atoms with Gasteiger partial charge in [-0.2, -0.15) is 0 Å². The molecule has 0 radical (unpaired) electrons. The first-order valence-electron chi connectivity index (χ1n) is 8.69. The predicted octanol–water partition coefficient (Wildman–Crippen LogP) is 2.49. The van der Waals surface area contributed by atoms with Crippen molar-refractivity contribution in [3.63, 3.8) is 0 Å². The van der Waals surface area contributed by atoms with Gasteiger partial charge in [0.25, 0.3) is 0 Å². The summed E-state index contributed by atoms with van der Waals surface area (Å²) < 4.78 is 17.2. The molecule has 3 saturated heterocycles. The van der Waals surface area contributed by atoms with Crippen LogP contribution >= 0.6 is 11.8 Å². The molecule has 4 rings (SSSR count). The molecule has 0 aliphatic carbocycles. The molecule has 1 spiro atoms. The van der Waals surface area contributed by atoms with Crippen LogP contribution in [0.2, 0.25) is 0 Å². The van der Waals surface area contributed by atoms with E-state index in [1.807, 2.05) is 13.0 Å². The summed E-state index contributed by atoms with van der Waals surface area (Å²) in [7, 11) is 0. The number of ether oxygens (including phenoxy) is 2. The number of aromatic nitrogens is 1. The van der Waals surface area contributed by atoms with Gasteiger partial charge in [-0.05, 0) is 32.1 Å². The van der Waals surface area contributed by atoms with E-state index < -0.39 is 0 Å². The smallest absolute Gasteiger partial charge is 0.133 e. The maximum Gasteiger partial charge on any atom is 0.133 e. The van der Waals surface area contributed by atoms with Crippen LogP contribution in [-0.4, -0.2) is 59.6 Å². The van der Waals surface area contributed by atoms with Gasteiger partial charge in [0.05, 0.1) is 11.8 Å². The lowest BCUT2D eigenvalue weighted by molar-refractivity contribution is -0.0134. The zero-order chi connectivity index (χ0) is 15.7. The van der Waals surface area contributed by atoms with E-state index in [-0.39, 0.29) is 0 Å². The fourth-order valence-corrected chi connectivity index (χ4v) is 5.52. The van der Waals surface area contributed by atoms with E-state index in [0.717, 1.165) is 69.5 Å². The molecule has 3 aliphatic rings. The Morgan fingerprint density at radius 1 is 1.39 bits per heavy atom. The van der Waals surface area contributed by atoms with Crippen molar-refractivity contribution in [2.75, 3.05) is 38.7 Å². The van der Waals surface area contributed by atoms with Gasteiger partial charge in [0.15, 0.2) is 0 Å². The highest BCUT2D eigenvalue weighted by Crippen LogP contribution is 2.46. The van der Waals surface area contributed by atoms with Crippen LogP contribution in [0.25, 0.3) is 0 Å². The normalized spacial score (nSPS) is 28.3. The second kappa shape index (κ2) is 6.75. The third kappa shape index (κ3) is 3.76. The minimum absolute atomic E-state index is 0.430. The quantitative estimate of drug-likeness (QED) is 0.822. The molecule has 1 atom stereocenters. The molecule has 1 aromatic heterocycles. The summed E-state index contributed by atoms with van der Waals surface area (Å²) in [5.41, 5.74) is 1.05. The summed E-state index contributed by atoms with van der Waals surface area (Å²) >= 11 is 2.11. The Morgan fingerprint density at radius 2 is 2.22 bits per heavy atom. The molecule has 128 valence electrons. The molecular formula is C17H26N2O3S. The van der Waals surface area contributed by atoms with Crippen LogP contribution in [0.15, 0.2) is 10.6 Å². The monoisotopic (exact) mass is 338 g/mol. The third-order valence-corrected chi connectivity index (χ3v) is 6.75. The maximum absolute atomic E-state index is 6.21. The molecule has 5 nitrogen and oxygen atoms in total. The fraction of sp³-hybridized carbons (Fsp3) is 0.824. The number of hydrogen-bond acceptors (Lipinski definition) is 6. The fourth-order valence-electron chi connectivity index (χ4n) is 3.92. The Labute approximate surface area is 142 Å². The minimum atomic E-state index is 0.430. The van der Waals surface area contributed by atoms with Crippen LogP contribution in [0.1, 0.15) is 30.7 Å².